The highest BCUT2D eigenvalue weighted by atomic mass is 16.5. The van der Waals surface area contributed by atoms with Gasteiger partial charge < -0.3 is 10.1 Å². The molecule has 1 amide bonds. The molecule has 0 unspecified atom stereocenters. The summed E-state index contributed by atoms with van der Waals surface area (Å²) < 4.78 is 7.45. The average Bonchev–Trinajstić information content (AvgIpc) is 3.09. The van der Waals surface area contributed by atoms with Crippen molar-refractivity contribution < 1.29 is 9.53 Å². The summed E-state index contributed by atoms with van der Waals surface area (Å²) in [5.74, 6) is 0.717. The third kappa shape index (κ3) is 7.22. The molecule has 5 nitrogen and oxygen atoms in total. The van der Waals surface area contributed by atoms with E-state index in [1.807, 2.05) is 37.3 Å². The summed E-state index contributed by atoms with van der Waals surface area (Å²) in [6, 6.07) is 9.71. The van der Waals surface area contributed by atoms with Gasteiger partial charge in [-0.3, -0.25) is 9.48 Å². The highest BCUT2D eigenvalue weighted by Crippen LogP contribution is 2.14. The molecular weight excluding hydrogens is 350 g/mol. The van der Waals surface area contributed by atoms with Crippen molar-refractivity contribution in [3.05, 3.63) is 59.4 Å². The number of hydrogen-bond acceptors (Lipinski definition) is 3. The Balaban J connectivity index is 1.76. The second kappa shape index (κ2) is 12.0. The van der Waals surface area contributed by atoms with Gasteiger partial charge in [0.15, 0.2) is 0 Å². The quantitative estimate of drug-likeness (QED) is 0.422. The molecule has 0 atom stereocenters. The lowest BCUT2D eigenvalue weighted by Gasteiger charge is -2.08. The molecule has 2 rings (SSSR count). The average molecular weight is 384 g/mol. The zero-order chi connectivity index (χ0) is 20.2. The summed E-state index contributed by atoms with van der Waals surface area (Å²) in [6.07, 6.45) is 11.1. The minimum Gasteiger partial charge on any atom is -0.493 e. The third-order valence-electron chi connectivity index (χ3n) is 4.57. The van der Waals surface area contributed by atoms with E-state index in [2.05, 4.69) is 29.5 Å². The van der Waals surface area contributed by atoms with E-state index in [0.717, 1.165) is 36.3 Å². The summed E-state index contributed by atoms with van der Waals surface area (Å²) in [7, 11) is 1.79. The Kier molecular flexibility index (Phi) is 9.32. The Bertz CT molecular complexity index is 765. The Morgan fingerprint density at radius 2 is 2.00 bits per heavy atom. The molecule has 0 aliphatic carbocycles. The fraction of sp³-hybridized carbons (Fsp3) is 0.478. The maximum absolute atomic E-state index is 12.4. The number of benzene rings is 1. The first-order valence-electron chi connectivity index (χ1n) is 10.3. The number of carbonyl (C=O) groups is 1. The number of allylic oxidation sites excluding steroid dienone is 1. The highest BCUT2D eigenvalue weighted by Gasteiger charge is 2.12. The minimum atomic E-state index is -0.116. The number of ether oxygens (including phenoxy) is 1. The van der Waals surface area contributed by atoms with Crippen LogP contribution in [0.5, 0.6) is 5.75 Å². The molecule has 1 aromatic heterocycles. The number of nitrogens with one attached hydrogen (secondary N) is 1. The van der Waals surface area contributed by atoms with Crippen LogP contribution in [0.25, 0.3) is 0 Å². The predicted molar refractivity (Wildman–Crippen MR) is 114 cm³/mol. The van der Waals surface area contributed by atoms with Crippen molar-refractivity contribution in [2.45, 2.75) is 58.9 Å². The molecule has 0 radical (unpaired) electrons. The van der Waals surface area contributed by atoms with Crippen LogP contribution in [0.15, 0.2) is 42.5 Å². The van der Waals surface area contributed by atoms with Gasteiger partial charge in [-0.1, -0.05) is 51.0 Å². The van der Waals surface area contributed by atoms with Crippen LogP contribution < -0.4 is 10.1 Å². The van der Waals surface area contributed by atoms with Gasteiger partial charge in [0.25, 0.3) is 5.91 Å². The van der Waals surface area contributed by atoms with Crippen molar-refractivity contribution in [1.82, 2.24) is 15.1 Å². The largest absolute Gasteiger partial charge is 0.493 e. The molecule has 5 heteroatoms. The lowest BCUT2D eigenvalue weighted by molar-refractivity contribution is 0.0941. The van der Waals surface area contributed by atoms with Crippen molar-refractivity contribution >= 4 is 5.91 Å². The van der Waals surface area contributed by atoms with Crippen LogP contribution in [0.1, 0.15) is 67.7 Å². The standard InChI is InChI=1S/C23H33N3O2/c1-4-6-7-8-9-10-11-15-28-21-14-12-13-19(16-21)18-24-23(27)22-17-20(5-2)25-26(22)3/h9-10,12-14,16-17H,4-8,11,15,18H2,1-3H3,(H,24,27). The maximum Gasteiger partial charge on any atom is 0.269 e. The molecule has 0 bridgehead atoms. The molecule has 0 aliphatic rings. The topological polar surface area (TPSA) is 56.1 Å². The van der Waals surface area contributed by atoms with Crippen LogP contribution in [0.4, 0.5) is 0 Å². The number of carbonyl (C=O) groups excluding carboxylic acids is 1. The predicted octanol–water partition coefficient (Wildman–Crippen LogP) is 4.82. The smallest absolute Gasteiger partial charge is 0.269 e. The molecule has 152 valence electrons. The summed E-state index contributed by atoms with van der Waals surface area (Å²) >= 11 is 0. The van der Waals surface area contributed by atoms with Gasteiger partial charge >= 0.3 is 0 Å². The molecule has 2 aromatic rings. The fourth-order valence-electron chi connectivity index (χ4n) is 2.92. The number of nitrogens with zero attached hydrogens (tertiary/aromatic N) is 2. The molecule has 0 saturated heterocycles. The van der Waals surface area contributed by atoms with Crippen LogP contribution in [-0.4, -0.2) is 22.3 Å². The molecule has 0 fully saturated rings. The normalized spacial score (nSPS) is 11.1. The van der Waals surface area contributed by atoms with E-state index in [0.29, 0.717) is 18.8 Å². The monoisotopic (exact) mass is 383 g/mol. The molecule has 28 heavy (non-hydrogen) atoms. The van der Waals surface area contributed by atoms with Crippen LogP contribution in [0.3, 0.4) is 0 Å². The fourth-order valence-corrected chi connectivity index (χ4v) is 2.92. The molecule has 0 saturated carbocycles. The van der Waals surface area contributed by atoms with Gasteiger partial charge in [-0.25, -0.2) is 0 Å². The second-order valence-corrected chi connectivity index (χ2v) is 6.93. The first kappa shape index (κ1) is 21.7. The Morgan fingerprint density at radius 3 is 2.75 bits per heavy atom. The van der Waals surface area contributed by atoms with Gasteiger partial charge in [0.2, 0.25) is 0 Å². The van der Waals surface area contributed by atoms with E-state index in [1.165, 1.54) is 19.3 Å². The summed E-state index contributed by atoms with van der Waals surface area (Å²) in [5, 5.41) is 7.27. The van der Waals surface area contributed by atoms with Crippen LogP contribution >= 0.6 is 0 Å². The number of hydrogen-bond donors (Lipinski definition) is 1. The molecule has 1 N–H and O–H groups in total. The summed E-state index contributed by atoms with van der Waals surface area (Å²) in [4.78, 5) is 12.4. The van der Waals surface area contributed by atoms with Crippen molar-refractivity contribution in [2.24, 2.45) is 7.05 Å². The second-order valence-electron chi connectivity index (χ2n) is 6.93. The maximum atomic E-state index is 12.4. The van der Waals surface area contributed by atoms with Gasteiger partial charge in [0.05, 0.1) is 12.3 Å². The van der Waals surface area contributed by atoms with E-state index >= 15 is 0 Å². The Hall–Kier alpha value is -2.56. The van der Waals surface area contributed by atoms with E-state index in [9.17, 15) is 4.79 Å². The van der Waals surface area contributed by atoms with Gasteiger partial charge in [-0.05, 0) is 49.4 Å². The zero-order valence-corrected chi connectivity index (χ0v) is 17.4. The minimum absolute atomic E-state index is 0.116. The van der Waals surface area contributed by atoms with E-state index in [1.54, 1.807) is 11.7 Å². The van der Waals surface area contributed by atoms with Gasteiger partial charge in [0.1, 0.15) is 11.4 Å². The molecule has 1 heterocycles. The number of aryl methyl sites for hydroxylation is 2. The van der Waals surface area contributed by atoms with Gasteiger partial charge in [-0.2, -0.15) is 5.10 Å². The molecular formula is C23H33N3O2. The number of amides is 1. The molecule has 0 spiro atoms. The van der Waals surface area contributed by atoms with Crippen LogP contribution in [0.2, 0.25) is 0 Å². The summed E-state index contributed by atoms with van der Waals surface area (Å²) in [5.41, 5.74) is 2.51. The van der Waals surface area contributed by atoms with Crippen LogP contribution in [0, 0.1) is 0 Å². The number of unbranched alkanes of at least 4 members (excludes halogenated alkanes) is 3. The summed E-state index contributed by atoms with van der Waals surface area (Å²) in [6.45, 7) is 5.37. The lowest BCUT2D eigenvalue weighted by Crippen LogP contribution is -2.25. The Morgan fingerprint density at radius 1 is 1.18 bits per heavy atom. The van der Waals surface area contributed by atoms with Crippen LogP contribution in [-0.2, 0) is 20.0 Å². The number of rotatable bonds is 12. The van der Waals surface area contributed by atoms with E-state index in [-0.39, 0.29) is 5.91 Å². The lowest BCUT2D eigenvalue weighted by atomic mass is 10.2. The third-order valence-corrected chi connectivity index (χ3v) is 4.57. The van der Waals surface area contributed by atoms with E-state index in [4.69, 9.17) is 4.74 Å². The van der Waals surface area contributed by atoms with Gasteiger partial charge in [0, 0.05) is 13.6 Å². The first-order valence-corrected chi connectivity index (χ1v) is 10.3. The highest BCUT2D eigenvalue weighted by molar-refractivity contribution is 5.92. The van der Waals surface area contributed by atoms with Gasteiger partial charge in [-0.15, -0.1) is 0 Å². The molecule has 0 aliphatic heterocycles. The Labute approximate surface area is 168 Å². The SMILES string of the molecule is CCCCCC=CCCOc1cccc(CNC(=O)c2cc(CC)nn2C)c1. The zero-order valence-electron chi connectivity index (χ0n) is 17.4. The number of aromatic nitrogens is 2. The van der Waals surface area contributed by atoms with Crippen molar-refractivity contribution in [2.75, 3.05) is 6.61 Å². The molecule has 1 aromatic carbocycles. The van der Waals surface area contributed by atoms with E-state index < -0.39 is 0 Å². The van der Waals surface area contributed by atoms with Crippen molar-refractivity contribution in [1.29, 1.82) is 0 Å². The van der Waals surface area contributed by atoms with Crippen molar-refractivity contribution in [3.63, 3.8) is 0 Å². The van der Waals surface area contributed by atoms with Crippen molar-refractivity contribution in [3.8, 4) is 5.75 Å². The first-order chi connectivity index (χ1) is 13.6.